The van der Waals surface area contributed by atoms with Gasteiger partial charge in [-0.1, -0.05) is 5.21 Å². The summed E-state index contributed by atoms with van der Waals surface area (Å²) in [6.07, 6.45) is 1.83. The maximum absolute atomic E-state index is 13.7. The summed E-state index contributed by atoms with van der Waals surface area (Å²) in [4.78, 5) is 13.2. The number of aliphatic hydroxyl groups is 1. The Morgan fingerprint density at radius 3 is 2.57 bits per heavy atom. The Morgan fingerprint density at radius 2 is 1.91 bits per heavy atom. The van der Waals surface area contributed by atoms with Crippen molar-refractivity contribution in [2.45, 2.75) is 12.1 Å². The van der Waals surface area contributed by atoms with Crippen molar-refractivity contribution in [2.24, 2.45) is 0 Å². The summed E-state index contributed by atoms with van der Waals surface area (Å²) in [5.41, 5.74) is -0.937. The van der Waals surface area contributed by atoms with E-state index in [1.165, 1.54) is 17.1 Å². The third kappa shape index (κ3) is 2.54. The number of carbonyl (C=O) groups excluding carboxylic acids is 1. The van der Waals surface area contributed by atoms with Crippen molar-refractivity contribution >= 4 is 5.91 Å². The van der Waals surface area contributed by atoms with Gasteiger partial charge >= 0.3 is 0 Å². The van der Waals surface area contributed by atoms with Gasteiger partial charge in [-0.3, -0.25) is 4.79 Å². The van der Waals surface area contributed by atoms with Gasteiger partial charge in [0.05, 0.1) is 23.9 Å². The predicted molar refractivity (Wildman–Crippen MR) is 67.2 cm³/mol. The van der Waals surface area contributed by atoms with Crippen molar-refractivity contribution in [3.05, 3.63) is 47.3 Å². The number of nitrogens with zero attached hydrogens (tertiary/aromatic N) is 4. The minimum Gasteiger partial charge on any atom is -0.389 e. The fourth-order valence-electron chi connectivity index (χ4n) is 2.49. The summed E-state index contributed by atoms with van der Waals surface area (Å²) in [5, 5.41) is 17.2. The van der Waals surface area contributed by atoms with Gasteiger partial charge in [0.2, 0.25) is 0 Å². The van der Waals surface area contributed by atoms with E-state index in [9.17, 15) is 27.5 Å². The smallest absolute Gasteiger partial charge is 0.257 e. The molecule has 1 amide bonds. The normalized spacial score (nSPS) is 21.0. The van der Waals surface area contributed by atoms with Crippen LogP contribution in [0.3, 0.4) is 0 Å². The zero-order chi connectivity index (χ0) is 16.7. The molecule has 1 aromatic carbocycles. The van der Waals surface area contributed by atoms with Gasteiger partial charge in [-0.05, 0) is 6.07 Å². The molecule has 2 aromatic rings. The van der Waals surface area contributed by atoms with Gasteiger partial charge in [-0.2, -0.15) is 0 Å². The van der Waals surface area contributed by atoms with Crippen LogP contribution in [0.4, 0.5) is 17.6 Å². The molecular formula is C13H10F4N4O2. The van der Waals surface area contributed by atoms with Gasteiger partial charge < -0.3 is 10.0 Å². The molecule has 10 heteroatoms. The van der Waals surface area contributed by atoms with Crippen LogP contribution in [-0.4, -0.2) is 50.1 Å². The van der Waals surface area contributed by atoms with E-state index in [1.807, 2.05) is 0 Å². The molecule has 2 atom stereocenters. The van der Waals surface area contributed by atoms with Crippen molar-refractivity contribution < 1.29 is 27.5 Å². The maximum atomic E-state index is 13.7. The first-order chi connectivity index (χ1) is 10.9. The summed E-state index contributed by atoms with van der Waals surface area (Å²) < 4.78 is 54.4. The fraction of sp³-hybridized carbons (Fsp3) is 0.308. The number of β-amino-alcohol motifs (C(OH)–C–C–N with tert-alkyl or cyclic N) is 1. The molecule has 23 heavy (non-hydrogen) atoms. The summed E-state index contributed by atoms with van der Waals surface area (Å²) in [6, 6.07) is -0.328. The average molecular weight is 330 g/mol. The Kier molecular flexibility index (Phi) is 3.76. The minimum atomic E-state index is -2.05. The van der Waals surface area contributed by atoms with Crippen LogP contribution in [-0.2, 0) is 0 Å². The number of aromatic nitrogens is 3. The Hall–Kier alpha value is -2.49. The van der Waals surface area contributed by atoms with Crippen LogP contribution in [0.5, 0.6) is 0 Å². The Labute approximate surface area is 126 Å². The molecule has 1 N–H and O–H groups in total. The van der Waals surface area contributed by atoms with Gasteiger partial charge in [0.15, 0.2) is 23.3 Å². The molecule has 0 unspecified atom stereocenters. The predicted octanol–water partition coefficient (Wildman–Crippen LogP) is 0.892. The van der Waals surface area contributed by atoms with Crippen LogP contribution in [0.2, 0.25) is 0 Å². The molecule has 0 aliphatic carbocycles. The van der Waals surface area contributed by atoms with E-state index in [2.05, 4.69) is 10.3 Å². The number of likely N-dealkylation sites (tertiary alicyclic amines) is 1. The number of aliphatic hydroxyl groups excluding tert-OH is 1. The minimum absolute atomic E-state index is 0.0661. The molecule has 1 saturated heterocycles. The second kappa shape index (κ2) is 5.61. The van der Waals surface area contributed by atoms with Crippen LogP contribution in [0.15, 0.2) is 18.5 Å². The molecule has 2 heterocycles. The SMILES string of the molecule is O=C(c1cc(F)c(F)c(F)c1F)N1C[C@@H](O)[C@H](n2ccnn2)C1. The van der Waals surface area contributed by atoms with Crippen LogP contribution in [0, 0.1) is 23.3 Å². The van der Waals surface area contributed by atoms with Crippen molar-refractivity contribution in [3.8, 4) is 0 Å². The molecule has 122 valence electrons. The Balaban J connectivity index is 1.88. The topological polar surface area (TPSA) is 71.2 Å². The second-order valence-electron chi connectivity index (χ2n) is 5.08. The number of halogens is 4. The van der Waals surface area contributed by atoms with Crippen LogP contribution < -0.4 is 0 Å². The number of amides is 1. The van der Waals surface area contributed by atoms with Crippen LogP contribution in [0.25, 0.3) is 0 Å². The van der Waals surface area contributed by atoms with E-state index >= 15 is 0 Å². The van der Waals surface area contributed by atoms with Crippen LogP contribution in [0.1, 0.15) is 16.4 Å². The largest absolute Gasteiger partial charge is 0.389 e. The maximum Gasteiger partial charge on any atom is 0.257 e. The van der Waals surface area contributed by atoms with Gasteiger partial charge in [0.25, 0.3) is 5.91 Å². The second-order valence-corrected chi connectivity index (χ2v) is 5.08. The lowest BCUT2D eigenvalue weighted by Gasteiger charge is -2.16. The number of hydrogen-bond donors (Lipinski definition) is 1. The van der Waals surface area contributed by atoms with Crippen molar-refractivity contribution in [1.82, 2.24) is 19.9 Å². The fourth-order valence-corrected chi connectivity index (χ4v) is 2.49. The molecule has 3 rings (SSSR count). The van der Waals surface area contributed by atoms with E-state index < -0.39 is 46.9 Å². The molecule has 0 saturated carbocycles. The third-order valence-corrected chi connectivity index (χ3v) is 3.66. The summed E-state index contributed by atoms with van der Waals surface area (Å²) >= 11 is 0. The Bertz CT molecular complexity index is 753. The summed E-state index contributed by atoms with van der Waals surface area (Å²) in [6.45, 7) is -0.257. The van der Waals surface area contributed by atoms with Gasteiger partial charge in [0, 0.05) is 19.3 Å². The lowest BCUT2D eigenvalue weighted by molar-refractivity contribution is 0.0757. The number of rotatable bonds is 2. The first kappa shape index (κ1) is 15.4. The van der Waals surface area contributed by atoms with Gasteiger partial charge in [0.1, 0.15) is 0 Å². The molecular weight excluding hydrogens is 320 g/mol. The van der Waals surface area contributed by atoms with Crippen molar-refractivity contribution in [1.29, 1.82) is 0 Å². The van der Waals surface area contributed by atoms with Crippen molar-refractivity contribution in [3.63, 3.8) is 0 Å². The zero-order valence-electron chi connectivity index (χ0n) is 11.5. The van der Waals surface area contributed by atoms with Crippen LogP contribution >= 0.6 is 0 Å². The van der Waals surface area contributed by atoms with E-state index in [4.69, 9.17) is 0 Å². The van der Waals surface area contributed by atoms with Crippen molar-refractivity contribution in [2.75, 3.05) is 13.1 Å². The lowest BCUT2D eigenvalue weighted by atomic mass is 10.1. The molecule has 0 radical (unpaired) electrons. The van der Waals surface area contributed by atoms with E-state index in [0.29, 0.717) is 6.07 Å². The zero-order valence-corrected chi connectivity index (χ0v) is 11.5. The lowest BCUT2D eigenvalue weighted by Crippen LogP contribution is -2.31. The standard InChI is InChI=1S/C13H10F4N4O2/c14-7-3-6(10(15)12(17)11(7)16)13(23)20-4-8(9(22)5-20)21-2-1-18-19-21/h1-3,8-9,22H,4-5H2/t8-,9-/m1/s1. The van der Waals surface area contributed by atoms with Gasteiger partial charge in [-0.25, -0.2) is 22.2 Å². The highest BCUT2D eigenvalue weighted by atomic mass is 19.2. The summed E-state index contributed by atoms with van der Waals surface area (Å²) in [7, 11) is 0. The van der Waals surface area contributed by atoms with E-state index in [1.54, 1.807) is 0 Å². The highest BCUT2D eigenvalue weighted by Gasteiger charge is 2.37. The summed E-state index contributed by atoms with van der Waals surface area (Å²) in [5.74, 6) is -8.53. The molecule has 1 fully saturated rings. The monoisotopic (exact) mass is 330 g/mol. The first-order valence-electron chi connectivity index (χ1n) is 6.56. The first-order valence-corrected chi connectivity index (χ1v) is 6.56. The highest BCUT2D eigenvalue weighted by Crippen LogP contribution is 2.25. The van der Waals surface area contributed by atoms with E-state index in [-0.39, 0.29) is 13.1 Å². The molecule has 1 aliphatic rings. The van der Waals surface area contributed by atoms with E-state index in [0.717, 1.165) is 4.90 Å². The number of hydrogen-bond acceptors (Lipinski definition) is 4. The highest BCUT2D eigenvalue weighted by molar-refractivity contribution is 5.94. The molecule has 1 aromatic heterocycles. The molecule has 0 bridgehead atoms. The molecule has 6 nitrogen and oxygen atoms in total. The Morgan fingerprint density at radius 1 is 1.17 bits per heavy atom. The van der Waals surface area contributed by atoms with Gasteiger partial charge in [-0.15, -0.1) is 5.10 Å². The molecule has 1 aliphatic heterocycles. The number of carbonyl (C=O) groups is 1. The molecule has 0 spiro atoms. The average Bonchev–Trinajstić information content (AvgIpc) is 3.17. The number of benzene rings is 1. The quantitative estimate of drug-likeness (QED) is 0.504. The third-order valence-electron chi connectivity index (χ3n) is 3.66.